The summed E-state index contributed by atoms with van der Waals surface area (Å²) in [6, 6.07) is 11.9. The molecule has 0 unspecified atom stereocenters. The Hall–Kier alpha value is -3.35. The third kappa shape index (κ3) is 4.56. The highest BCUT2D eigenvalue weighted by molar-refractivity contribution is 5.68. The standard InChI is InChI=1S/C22H25N5O2/c1-28-19-8-7-17(13-20(19)29-2)24-21-14-18(15-9-11-23-12-10-15)26-22(27-21)25-16-5-3-4-6-16/h7-14,16H,3-6H2,1-2H3,(H2,24,25,26,27). The van der Waals surface area contributed by atoms with E-state index in [0.717, 1.165) is 29.8 Å². The lowest BCUT2D eigenvalue weighted by Gasteiger charge is -2.15. The molecule has 2 heterocycles. The minimum Gasteiger partial charge on any atom is -0.493 e. The smallest absolute Gasteiger partial charge is 0.225 e. The molecule has 1 aromatic carbocycles. The van der Waals surface area contributed by atoms with Crippen molar-refractivity contribution in [1.82, 2.24) is 15.0 Å². The highest BCUT2D eigenvalue weighted by Gasteiger charge is 2.17. The van der Waals surface area contributed by atoms with E-state index < -0.39 is 0 Å². The number of methoxy groups -OCH3 is 2. The molecule has 7 heteroatoms. The summed E-state index contributed by atoms with van der Waals surface area (Å²) >= 11 is 0. The summed E-state index contributed by atoms with van der Waals surface area (Å²) in [5, 5.41) is 6.86. The maximum absolute atomic E-state index is 5.40. The second kappa shape index (κ2) is 8.77. The quantitative estimate of drug-likeness (QED) is 0.606. The Kier molecular flexibility index (Phi) is 5.74. The van der Waals surface area contributed by atoms with Crippen LogP contribution in [0.15, 0.2) is 48.8 Å². The first-order valence-corrected chi connectivity index (χ1v) is 9.80. The third-order valence-corrected chi connectivity index (χ3v) is 5.05. The van der Waals surface area contributed by atoms with E-state index in [4.69, 9.17) is 19.4 Å². The van der Waals surface area contributed by atoms with Gasteiger partial charge in [0, 0.05) is 41.8 Å². The van der Waals surface area contributed by atoms with Crippen molar-refractivity contribution >= 4 is 17.5 Å². The van der Waals surface area contributed by atoms with Gasteiger partial charge in [0.1, 0.15) is 5.82 Å². The molecule has 0 atom stereocenters. The molecule has 29 heavy (non-hydrogen) atoms. The Morgan fingerprint density at radius 2 is 1.66 bits per heavy atom. The average molecular weight is 391 g/mol. The Labute approximate surface area is 170 Å². The largest absolute Gasteiger partial charge is 0.493 e. The van der Waals surface area contributed by atoms with Crippen LogP contribution in [0.2, 0.25) is 0 Å². The summed E-state index contributed by atoms with van der Waals surface area (Å²) in [5.74, 6) is 2.68. The van der Waals surface area contributed by atoms with Crippen molar-refractivity contribution in [3.05, 3.63) is 48.8 Å². The molecule has 0 radical (unpaired) electrons. The van der Waals surface area contributed by atoms with Crippen LogP contribution in [0.3, 0.4) is 0 Å². The zero-order valence-electron chi connectivity index (χ0n) is 16.7. The molecular weight excluding hydrogens is 366 g/mol. The highest BCUT2D eigenvalue weighted by Crippen LogP contribution is 2.32. The first-order valence-electron chi connectivity index (χ1n) is 9.80. The van der Waals surface area contributed by atoms with E-state index in [0.29, 0.717) is 29.3 Å². The number of pyridine rings is 1. The van der Waals surface area contributed by atoms with E-state index in [1.165, 1.54) is 12.8 Å². The zero-order chi connectivity index (χ0) is 20.1. The van der Waals surface area contributed by atoms with Gasteiger partial charge in [-0.25, -0.2) is 4.98 Å². The van der Waals surface area contributed by atoms with Gasteiger partial charge in [-0.1, -0.05) is 12.8 Å². The molecule has 0 amide bonds. The number of nitrogens with one attached hydrogen (secondary N) is 2. The van der Waals surface area contributed by atoms with Crippen molar-refractivity contribution in [2.45, 2.75) is 31.7 Å². The number of aromatic nitrogens is 3. The van der Waals surface area contributed by atoms with Crippen molar-refractivity contribution in [2.24, 2.45) is 0 Å². The van der Waals surface area contributed by atoms with E-state index in [-0.39, 0.29) is 0 Å². The fraction of sp³-hybridized carbons (Fsp3) is 0.318. The van der Waals surface area contributed by atoms with Crippen LogP contribution < -0.4 is 20.1 Å². The molecule has 1 aliphatic rings. The number of hydrogen-bond donors (Lipinski definition) is 2. The van der Waals surface area contributed by atoms with Gasteiger partial charge in [-0.05, 0) is 37.1 Å². The molecule has 2 aromatic heterocycles. The molecule has 1 fully saturated rings. The van der Waals surface area contributed by atoms with Crippen molar-refractivity contribution in [1.29, 1.82) is 0 Å². The lowest BCUT2D eigenvalue weighted by molar-refractivity contribution is 0.355. The van der Waals surface area contributed by atoms with Crippen molar-refractivity contribution < 1.29 is 9.47 Å². The van der Waals surface area contributed by atoms with Crippen molar-refractivity contribution in [2.75, 3.05) is 24.9 Å². The number of benzene rings is 1. The van der Waals surface area contributed by atoms with Crippen molar-refractivity contribution in [3.8, 4) is 22.8 Å². The fourth-order valence-electron chi connectivity index (χ4n) is 3.56. The van der Waals surface area contributed by atoms with Gasteiger partial charge in [0.2, 0.25) is 5.95 Å². The van der Waals surface area contributed by atoms with Crippen LogP contribution in [0.4, 0.5) is 17.5 Å². The van der Waals surface area contributed by atoms with E-state index in [1.54, 1.807) is 26.6 Å². The normalized spacial score (nSPS) is 13.9. The second-order valence-electron chi connectivity index (χ2n) is 7.02. The topological polar surface area (TPSA) is 81.2 Å². The summed E-state index contributed by atoms with van der Waals surface area (Å²) in [6.07, 6.45) is 8.34. The minimum absolute atomic E-state index is 0.427. The minimum atomic E-state index is 0.427. The number of hydrogen-bond acceptors (Lipinski definition) is 7. The molecule has 3 aromatic rings. The van der Waals surface area contributed by atoms with Gasteiger partial charge in [0.25, 0.3) is 0 Å². The lowest BCUT2D eigenvalue weighted by Crippen LogP contribution is -2.17. The predicted molar refractivity (Wildman–Crippen MR) is 114 cm³/mol. The maximum atomic E-state index is 5.40. The lowest BCUT2D eigenvalue weighted by atomic mass is 10.2. The van der Waals surface area contributed by atoms with Crippen molar-refractivity contribution in [3.63, 3.8) is 0 Å². The Bertz CT molecular complexity index is 959. The van der Waals surface area contributed by atoms with Crippen LogP contribution in [-0.2, 0) is 0 Å². The molecule has 0 aliphatic heterocycles. The van der Waals surface area contributed by atoms with Crippen LogP contribution in [0.1, 0.15) is 25.7 Å². The first-order chi connectivity index (χ1) is 14.2. The highest BCUT2D eigenvalue weighted by atomic mass is 16.5. The van der Waals surface area contributed by atoms with Gasteiger partial charge >= 0.3 is 0 Å². The number of anilines is 3. The number of ether oxygens (including phenoxy) is 2. The third-order valence-electron chi connectivity index (χ3n) is 5.05. The fourth-order valence-corrected chi connectivity index (χ4v) is 3.56. The summed E-state index contributed by atoms with van der Waals surface area (Å²) < 4.78 is 10.7. The van der Waals surface area contributed by atoms with Gasteiger partial charge in [-0.3, -0.25) is 4.98 Å². The van der Waals surface area contributed by atoms with Gasteiger partial charge in [0.15, 0.2) is 11.5 Å². The van der Waals surface area contributed by atoms with Gasteiger partial charge < -0.3 is 20.1 Å². The van der Waals surface area contributed by atoms with Crippen LogP contribution >= 0.6 is 0 Å². The van der Waals surface area contributed by atoms with E-state index >= 15 is 0 Å². The summed E-state index contributed by atoms with van der Waals surface area (Å²) in [5.41, 5.74) is 2.69. The maximum Gasteiger partial charge on any atom is 0.225 e. The Morgan fingerprint density at radius 3 is 2.38 bits per heavy atom. The Balaban J connectivity index is 1.66. The van der Waals surface area contributed by atoms with Crippen LogP contribution in [0.5, 0.6) is 11.5 Å². The van der Waals surface area contributed by atoms with Gasteiger partial charge in [-0.15, -0.1) is 0 Å². The molecule has 0 saturated heterocycles. The van der Waals surface area contributed by atoms with Gasteiger partial charge in [-0.2, -0.15) is 4.98 Å². The van der Waals surface area contributed by atoms with Gasteiger partial charge in [0.05, 0.1) is 19.9 Å². The molecule has 0 spiro atoms. The average Bonchev–Trinajstić information content (AvgIpc) is 3.27. The number of nitrogens with zero attached hydrogens (tertiary/aromatic N) is 3. The summed E-state index contributed by atoms with van der Waals surface area (Å²) in [6.45, 7) is 0. The molecule has 7 nitrogen and oxygen atoms in total. The molecule has 2 N–H and O–H groups in total. The Morgan fingerprint density at radius 1 is 0.897 bits per heavy atom. The zero-order valence-corrected chi connectivity index (χ0v) is 16.7. The summed E-state index contributed by atoms with van der Waals surface area (Å²) in [4.78, 5) is 13.5. The predicted octanol–water partition coefficient (Wildman–Crippen LogP) is 4.65. The SMILES string of the molecule is COc1ccc(Nc2cc(-c3ccncc3)nc(NC3CCCC3)n2)cc1OC. The molecular formula is C22H25N5O2. The molecule has 4 rings (SSSR count). The first kappa shape index (κ1) is 19.0. The molecule has 150 valence electrons. The molecule has 1 saturated carbocycles. The number of rotatable bonds is 7. The summed E-state index contributed by atoms with van der Waals surface area (Å²) in [7, 11) is 3.24. The van der Waals surface area contributed by atoms with Crippen LogP contribution in [0, 0.1) is 0 Å². The molecule has 1 aliphatic carbocycles. The molecule has 0 bridgehead atoms. The van der Waals surface area contributed by atoms with E-state index in [2.05, 4.69) is 15.6 Å². The van der Waals surface area contributed by atoms with Crippen LogP contribution in [0.25, 0.3) is 11.3 Å². The van der Waals surface area contributed by atoms with Crippen LogP contribution in [-0.4, -0.2) is 35.2 Å². The monoisotopic (exact) mass is 391 g/mol. The second-order valence-corrected chi connectivity index (χ2v) is 7.02. The van der Waals surface area contributed by atoms with E-state index in [9.17, 15) is 0 Å². The van der Waals surface area contributed by atoms with E-state index in [1.807, 2.05) is 36.4 Å².